The van der Waals surface area contributed by atoms with Crippen LogP contribution in [0.2, 0.25) is 0 Å². The summed E-state index contributed by atoms with van der Waals surface area (Å²) in [5.41, 5.74) is 1.67. The van der Waals surface area contributed by atoms with E-state index in [9.17, 15) is 4.79 Å². The lowest BCUT2D eigenvalue weighted by atomic mass is 10.00. The van der Waals surface area contributed by atoms with Gasteiger partial charge in [0.1, 0.15) is 6.10 Å². The van der Waals surface area contributed by atoms with Gasteiger partial charge < -0.3 is 4.90 Å². The minimum atomic E-state index is -0.123. The van der Waals surface area contributed by atoms with Crippen LogP contribution in [-0.4, -0.2) is 40.0 Å². The molecule has 0 N–H and O–H groups in total. The van der Waals surface area contributed by atoms with Crippen LogP contribution in [-0.2, 0) is 4.84 Å². The lowest BCUT2D eigenvalue weighted by Gasteiger charge is -2.45. The Kier molecular flexibility index (Phi) is 32.3. The highest BCUT2D eigenvalue weighted by Gasteiger charge is 2.34. The molecular weight excluding hydrogens is 697 g/mol. The Morgan fingerprint density at radius 2 is 0.719 bits per heavy atom. The van der Waals surface area contributed by atoms with Crippen molar-refractivity contribution in [3.8, 4) is 0 Å². The monoisotopic (exact) mass is 797 g/mol. The van der Waals surface area contributed by atoms with Crippen molar-refractivity contribution >= 4 is 5.91 Å². The van der Waals surface area contributed by atoms with Gasteiger partial charge in [-0.15, -0.1) is 0 Å². The lowest BCUT2D eigenvalue weighted by Crippen LogP contribution is -2.52. The van der Waals surface area contributed by atoms with E-state index in [4.69, 9.17) is 4.84 Å². The van der Waals surface area contributed by atoms with Crippen molar-refractivity contribution in [3.63, 3.8) is 0 Å². The van der Waals surface area contributed by atoms with Gasteiger partial charge in [-0.1, -0.05) is 219 Å². The second-order valence-corrected chi connectivity index (χ2v) is 19.9. The second kappa shape index (κ2) is 34.3. The number of nitrogens with zero attached hydrogens (tertiary/aromatic N) is 2. The molecule has 57 heavy (non-hydrogen) atoms. The number of amides is 1. The molecule has 4 nitrogen and oxygen atoms in total. The predicted molar refractivity (Wildman–Crippen MR) is 252 cm³/mol. The number of hydrogen-bond acceptors (Lipinski definition) is 3. The summed E-state index contributed by atoms with van der Waals surface area (Å²) < 4.78 is 0. The molecule has 334 valence electrons. The van der Waals surface area contributed by atoms with E-state index in [2.05, 4.69) is 84.4 Å². The first kappa shape index (κ1) is 53.6. The summed E-state index contributed by atoms with van der Waals surface area (Å²) in [6, 6.07) is 8.26. The average molecular weight is 797 g/mol. The first-order valence-corrected chi connectivity index (χ1v) is 25.3. The van der Waals surface area contributed by atoms with Crippen LogP contribution in [0.3, 0.4) is 0 Å². The van der Waals surface area contributed by atoms with E-state index in [-0.39, 0.29) is 23.1 Å². The highest BCUT2D eigenvalue weighted by Crippen LogP contribution is 2.30. The molecule has 4 heteroatoms. The number of rotatable bonds is 38. The molecule has 0 aliphatic rings. The maximum absolute atomic E-state index is 13.9. The molecule has 0 aromatic heterocycles. The van der Waals surface area contributed by atoms with E-state index in [1.807, 2.05) is 12.1 Å². The SMILES string of the molecule is CCCCCCCCCCCCCCCCCCN(CCCCCCCCCCCCCCCCCC)C(=O)c1ccc(C(C)ON(C(C)(C)C)C(C)(C)C)cc1. The zero-order valence-corrected chi connectivity index (χ0v) is 40.1. The van der Waals surface area contributed by atoms with Gasteiger partial charge in [-0.25, -0.2) is 0 Å². The quantitative estimate of drug-likeness (QED) is 0.0494. The van der Waals surface area contributed by atoms with Crippen LogP contribution in [0.15, 0.2) is 24.3 Å². The maximum atomic E-state index is 13.9. The van der Waals surface area contributed by atoms with Crippen molar-refractivity contribution in [1.29, 1.82) is 0 Å². The molecule has 1 unspecified atom stereocenters. The Labute approximate surface area is 357 Å². The van der Waals surface area contributed by atoms with Crippen molar-refractivity contribution in [2.24, 2.45) is 0 Å². The van der Waals surface area contributed by atoms with Crippen LogP contribution in [0.25, 0.3) is 0 Å². The fourth-order valence-electron chi connectivity index (χ4n) is 8.64. The third-order valence-corrected chi connectivity index (χ3v) is 12.0. The molecule has 1 atom stereocenters. The van der Waals surface area contributed by atoms with Gasteiger partial charge in [0.05, 0.1) is 0 Å². The van der Waals surface area contributed by atoms with E-state index in [1.54, 1.807) is 0 Å². The highest BCUT2D eigenvalue weighted by molar-refractivity contribution is 5.94. The molecule has 0 bridgehead atoms. The first-order chi connectivity index (χ1) is 27.4. The zero-order valence-electron chi connectivity index (χ0n) is 40.1. The Balaban J connectivity index is 2.49. The van der Waals surface area contributed by atoms with Crippen molar-refractivity contribution in [1.82, 2.24) is 9.96 Å². The average Bonchev–Trinajstić information content (AvgIpc) is 3.17. The van der Waals surface area contributed by atoms with E-state index in [1.165, 1.54) is 193 Å². The molecule has 1 amide bonds. The molecule has 0 radical (unpaired) electrons. The molecule has 0 saturated carbocycles. The van der Waals surface area contributed by atoms with Crippen molar-refractivity contribution < 1.29 is 9.63 Å². The van der Waals surface area contributed by atoms with Gasteiger partial charge in [-0.3, -0.25) is 9.63 Å². The van der Waals surface area contributed by atoms with Crippen molar-refractivity contribution in [3.05, 3.63) is 35.4 Å². The molecule has 1 rings (SSSR count). The van der Waals surface area contributed by atoms with Crippen LogP contribution >= 0.6 is 0 Å². The minimum absolute atomic E-state index is 0.0982. The Morgan fingerprint density at radius 1 is 0.456 bits per heavy atom. The number of hydrogen-bond donors (Lipinski definition) is 0. The Hall–Kier alpha value is -1.39. The molecule has 0 fully saturated rings. The topological polar surface area (TPSA) is 32.8 Å². The number of carbonyl (C=O) groups is 1. The summed E-state index contributed by atoms with van der Waals surface area (Å²) in [7, 11) is 0. The van der Waals surface area contributed by atoms with E-state index >= 15 is 0 Å². The molecule has 1 aromatic rings. The Morgan fingerprint density at radius 3 is 0.982 bits per heavy atom. The summed E-state index contributed by atoms with van der Waals surface area (Å²) in [5.74, 6) is 0.197. The van der Waals surface area contributed by atoms with Crippen LogP contribution < -0.4 is 0 Å². The lowest BCUT2D eigenvalue weighted by molar-refractivity contribution is -0.283. The second-order valence-electron chi connectivity index (χ2n) is 19.9. The van der Waals surface area contributed by atoms with Gasteiger partial charge in [-0.05, 0) is 79.0 Å². The van der Waals surface area contributed by atoms with Gasteiger partial charge in [-0.2, -0.15) is 5.06 Å². The standard InChI is InChI=1S/C53H100N2O2/c1-10-12-14-16-18-20-22-24-26-28-30-32-34-36-38-40-46-54(47-41-39-37-35-33-31-29-27-25-23-21-19-17-15-13-11-2)51(56)50-44-42-49(43-45-50)48(3)57-55(52(4,5)6)53(7,8)9/h42-45,48H,10-41,46-47H2,1-9H3. The first-order valence-electron chi connectivity index (χ1n) is 25.3. The maximum Gasteiger partial charge on any atom is 0.253 e. The third kappa shape index (κ3) is 28.7. The van der Waals surface area contributed by atoms with Gasteiger partial charge >= 0.3 is 0 Å². The van der Waals surface area contributed by atoms with E-state index < -0.39 is 0 Å². The fraction of sp³-hybridized carbons (Fsp3) is 0.868. The zero-order chi connectivity index (χ0) is 42.0. The highest BCUT2D eigenvalue weighted by atomic mass is 16.7. The smallest absolute Gasteiger partial charge is 0.253 e. The fourth-order valence-corrected chi connectivity index (χ4v) is 8.64. The summed E-state index contributed by atoms with van der Waals surface area (Å²) >= 11 is 0. The molecular formula is C53H100N2O2. The van der Waals surface area contributed by atoms with Gasteiger partial charge in [0, 0.05) is 29.7 Å². The summed E-state index contributed by atoms with van der Waals surface area (Å²) in [6.45, 7) is 21.6. The van der Waals surface area contributed by atoms with Gasteiger partial charge in [0.15, 0.2) is 0 Å². The van der Waals surface area contributed by atoms with E-state index in [0.717, 1.165) is 37.1 Å². The van der Waals surface area contributed by atoms with Crippen molar-refractivity contribution in [2.75, 3.05) is 13.1 Å². The number of carbonyl (C=O) groups excluding carboxylic acids is 1. The van der Waals surface area contributed by atoms with Crippen LogP contribution in [0, 0.1) is 0 Å². The van der Waals surface area contributed by atoms with Crippen LogP contribution in [0.5, 0.6) is 0 Å². The number of benzene rings is 1. The summed E-state index contributed by atoms with van der Waals surface area (Å²) in [5, 5.41) is 2.11. The normalized spacial score (nSPS) is 12.8. The van der Waals surface area contributed by atoms with Crippen molar-refractivity contribution in [2.45, 2.75) is 285 Å². The number of hydroxylamine groups is 2. The Bertz CT molecular complexity index is 988. The van der Waals surface area contributed by atoms with Gasteiger partial charge in [0.25, 0.3) is 5.91 Å². The summed E-state index contributed by atoms with van der Waals surface area (Å²) in [6.07, 6.45) is 43.8. The molecule has 0 aliphatic carbocycles. The minimum Gasteiger partial charge on any atom is -0.339 e. The van der Waals surface area contributed by atoms with Crippen LogP contribution in [0.1, 0.15) is 290 Å². The molecule has 0 heterocycles. The number of unbranched alkanes of at least 4 members (excludes halogenated alkanes) is 30. The molecule has 1 aromatic carbocycles. The molecule has 0 spiro atoms. The molecule has 0 aliphatic heterocycles. The molecule has 0 saturated heterocycles. The largest absolute Gasteiger partial charge is 0.339 e. The van der Waals surface area contributed by atoms with Gasteiger partial charge in [0.2, 0.25) is 0 Å². The van der Waals surface area contributed by atoms with Crippen LogP contribution in [0.4, 0.5) is 0 Å². The predicted octanol–water partition coefficient (Wildman–Crippen LogP) is 17.5. The van der Waals surface area contributed by atoms with E-state index in [0.29, 0.717) is 0 Å². The summed E-state index contributed by atoms with van der Waals surface area (Å²) in [4.78, 5) is 22.6. The third-order valence-electron chi connectivity index (χ3n) is 12.0.